The van der Waals surface area contributed by atoms with E-state index in [2.05, 4.69) is 33.0 Å². The Bertz CT molecular complexity index is 326. The Morgan fingerprint density at radius 3 is 1.76 bits per heavy atom. The summed E-state index contributed by atoms with van der Waals surface area (Å²) >= 11 is 0. The lowest BCUT2D eigenvalue weighted by Crippen LogP contribution is -2.49. The van der Waals surface area contributed by atoms with Crippen LogP contribution < -0.4 is 5.32 Å². The van der Waals surface area contributed by atoms with Crippen molar-refractivity contribution in [3.8, 4) is 0 Å². The van der Waals surface area contributed by atoms with Crippen molar-refractivity contribution < 1.29 is 14.7 Å². The number of urea groups is 1. The summed E-state index contributed by atoms with van der Waals surface area (Å²) in [5, 5.41) is 12.2. The first-order valence-corrected chi connectivity index (χ1v) is 7.94. The van der Waals surface area contributed by atoms with Gasteiger partial charge in [-0.05, 0) is 24.7 Å². The van der Waals surface area contributed by atoms with Gasteiger partial charge in [-0.2, -0.15) is 0 Å². The number of nitrogens with zero attached hydrogens (tertiary/aromatic N) is 1. The van der Waals surface area contributed by atoms with Crippen molar-refractivity contribution in [1.82, 2.24) is 10.2 Å². The molecule has 0 aliphatic carbocycles. The summed E-state index contributed by atoms with van der Waals surface area (Å²) in [4.78, 5) is 25.6. The van der Waals surface area contributed by atoms with Crippen molar-refractivity contribution in [3.63, 3.8) is 0 Å². The molecule has 0 aliphatic rings. The average Bonchev–Trinajstić information content (AvgIpc) is 2.38. The number of aliphatic carboxylic acids is 1. The van der Waals surface area contributed by atoms with E-state index in [0.29, 0.717) is 37.8 Å². The van der Waals surface area contributed by atoms with Crippen molar-refractivity contribution in [3.05, 3.63) is 0 Å². The molecule has 0 bridgehead atoms. The fraction of sp³-hybridized carbons (Fsp3) is 0.875. The molecule has 0 aromatic heterocycles. The predicted octanol–water partition coefficient (Wildman–Crippen LogP) is 3.20. The molecule has 0 spiro atoms. The van der Waals surface area contributed by atoms with Crippen LogP contribution in [-0.2, 0) is 4.79 Å². The smallest absolute Gasteiger partial charge is 0.317 e. The molecule has 124 valence electrons. The van der Waals surface area contributed by atoms with E-state index < -0.39 is 11.4 Å². The lowest BCUT2D eigenvalue weighted by atomic mass is 9.82. The van der Waals surface area contributed by atoms with Gasteiger partial charge in [-0.15, -0.1) is 0 Å². The standard InChI is InChI=1S/C16H32N2O3/c1-7-16(8-2,14(19)20)11-17-15(21)18(9-12(3)4)10-13(5)6/h12-13H,7-11H2,1-6H3,(H,17,21)(H,19,20). The molecule has 5 heteroatoms. The number of carbonyl (C=O) groups excluding carboxylic acids is 1. The van der Waals surface area contributed by atoms with Gasteiger partial charge in [0, 0.05) is 19.6 Å². The summed E-state index contributed by atoms with van der Waals surface area (Å²) in [6, 6.07) is -0.162. The number of carboxylic acid groups (broad SMARTS) is 1. The molecule has 2 N–H and O–H groups in total. The van der Waals surface area contributed by atoms with Crippen molar-refractivity contribution in [2.75, 3.05) is 19.6 Å². The SMILES string of the molecule is CCC(CC)(CNC(=O)N(CC(C)C)CC(C)C)C(=O)O. The van der Waals surface area contributed by atoms with Crippen molar-refractivity contribution in [2.24, 2.45) is 17.3 Å². The second kappa shape index (κ2) is 8.90. The minimum Gasteiger partial charge on any atom is -0.481 e. The number of hydrogen-bond donors (Lipinski definition) is 2. The highest BCUT2D eigenvalue weighted by molar-refractivity contribution is 5.78. The molecule has 0 saturated heterocycles. The zero-order valence-electron chi connectivity index (χ0n) is 14.4. The van der Waals surface area contributed by atoms with E-state index in [0.717, 1.165) is 0 Å². The molecule has 0 aromatic rings. The van der Waals surface area contributed by atoms with Gasteiger partial charge in [-0.1, -0.05) is 41.5 Å². The van der Waals surface area contributed by atoms with Crippen molar-refractivity contribution in [2.45, 2.75) is 54.4 Å². The van der Waals surface area contributed by atoms with Crippen LogP contribution in [0.25, 0.3) is 0 Å². The first kappa shape index (κ1) is 19.7. The average molecular weight is 300 g/mol. The van der Waals surface area contributed by atoms with E-state index >= 15 is 0 Å². The Morgan fingerprint density at radius 2 is 1.48 bits per heavy atom. The highest BCUT2D eigenvalue weighted by atomic mass is 16.4. The quantitative estimate of drug-likeness (QED) is 0.687. The van der Waals surface area contributed by atoms with E-state index in [1.807, 2.05) is 13.8 Å². The molecule has 5 nitrogen and oxygen atoms in total. The molecule has 2 amide bonds. The van der Waals surface area contributed by atoms with E-state index in [-0.39, 0.29) is 12.6 Å². The van der Waals surface area contributed by atoms with Crippen LogP contribution >= 0.6 is 0 Å². The molecule has 0 saturated carbocycles. The minimum atomic E-state index is -0.864. The maximum absolute atomic E-state index is 12.3. The second-order valence-corrected chi connectivity index (χ2v) is 6.64. The van der Waals surface area contributed by atoms with Crippen LogP contribution in [0, 0.1) is 17.3 Å². The Balaban J connectivity index is 4.78. The van der Waals surface area contributed by atoms with Crippen LogP contribution in [0.4, 0.5) is 4.79 Å². The van der Waals surface area contributed by atoms with Crippen LogP contribution in [0.1, 0.15) is 54.4 Å². The van der Waals surface area contributed by atoms with E-state index in [4.69, 9.17) is 0 Å². The van der Waals surface area contributed by atoms with Gasteiger partial charge in [0.05, 0.1) is 5.41 Å². The van der Waals surface area contributed by atoms with Crippen LogP contribution in [0.3, 0.4) is 0 Å². The summed E-state index contributed by atoms with van der Waals surface area (Å²) in [5.74, 6) is -0.0702. The van der Waals surface area contributed by atoms with Crippen LogP contribution in [0.15, 0.2) is 0 Å². The Kier molecular flexibility index (Phi) is 8.37. The van der Waals surface area contributed by atoms with Gasteiger partial charge >= 0.3 is 12.0 Å². The molecular formula is C16H32N2O3. The summed E-state index contributed by atoms with van der Waals surface area (Å²) in [5.41, 5.74) is -0.864. The molecule has 0 fully saturated rings. The summed E-state index contributed by atoms with van der Waals surface area (Å²) in [7, 11) is 0. The van der Waals surface area contributed by atoms with E-state index in [1.165, 1.54) is 0 Å². The zero-order chi connectivity index (χ0) is 16.6. The van der Waals surface area contributed by atoms with E-state index in [9.17, 15) is 14.7 Å². The number of carboxylic acids is 1. The number of nitrogens with one attached hydrogen (secondary N) is 1. The van der Waals surface area contributed by atoms with Gasteiger partial charge < -0.3 is 15.3 Å². The van der Waals surface area contributed by atoms with Gasteiger partial charge in [0.25, 0.3) is 0 Å². The van der Waals surface area contributed by atoms with Gasteiger partial charge in [0.1, 0.15) is 0 Å². The molecule has 0 heterocycles. The zero-order valence-corrected chi connectivity index (χ0v) is 14.4. The number of carbonyl (C=O) groups is 2. The largest absolute Gasteiger partial charge is 0.481 e. The first-order chi connectivity index (χ1) is 9.68. The minimum absolute atomic E-state index is 0.162. The fourth-order valence-electron chi connectivity index (χ4n) is 2.36. The van der Waals surface area contributed by atoms with Crippen LogP contribution in [0.2, 0.25) is 0 Å². The molecule has 0 atom stereocenters. The van der Waals surface area contributed by atoms with Crippen molar-refractivity contribution >= 4 is 12.0 Å². The Morgan fingerprint density at radius 1 is 1.05 bits per heavy atom. The highest BCUT2D eigenvalue weighted by Crippen LogP contribution is 2.25. The fourth-order valence-corrected chi connectivity index (χ4v) is 2.36. The third-order valence-electron chi connectivity index (χ3n) is 3.84. The molecular weight excluding hydrogens is 268 g/mol. The molecule has 0 rings (SSSR count). The summed E-state index contributed by atoms with van der Waals surface area (Å²) < 4.78 is 0. The normalized spacial score (nSPS) is 11.8. The predicted molar refractivity (Wildman–Crippen MR) is 85.3 cm³/mol. The van der Waals surface area contributed by atoms with Gasteiger partial charge in [0.15, 0.2) is 0 Å². The molecule has 0 aliphatic heterocycles. The van der Waals surface area contributed by atoms with Crippen LogP contribution in [0.5, 0.6) is 0 Å². The van der Waals surface area contributed by atoms with Crippen molar-refractivity contribution in [1.29, 1.82) is 0 Å². The summed E-state index contributed by atoms with van der Waals surface area (Å²) in [6.45, 7) is 13.5. The number of hydrogen-bond acceptors (Lipinski definition) is 2. The van der Waals surface area contributed by atoms with Gasteiger partial charge in [0.2, 0.25) is 0 Å². The third kappa shape index (κ3) is 6.36. The van der Waals surface area contributed by atoms with E-state index in [1.54, 1.807) is 4.90 Å². The number of rotatable bonds is 9. The van der Waals surface area contributed by atoms with Gasteiger partial charge in [-0.3, -0.25) is 4.79 Å². The topological polar surface area (TPSA) is 69.6 Å². The Hall–Kier alpha value is -1.26. The molecule has 0 unspecified atom stereocenters. The lowest BCUT2D eigenvalue weighted by Gasteiger charge is -2.31. The maximum Gasteiger partial charge on any atom is 0.317 e. The highest BCUT2D eigenvalue weighted by Gasteiger charge is 2.35. The molecule has 0 aromatic carbocycles. The second-order valence-electron chi connectivity index (χ2n) is 6.64. The molecule has 0 radical (unpaired) electrons. The maximum atomic E-state index is 12.3. The Labute approximate surface area is 129 Å². The molecule has 21 heavy (non-hydrogen) atoms. The summed E-state index contributed by atoms with van der Waals surface area (Å²) in [6.07, 6.45) is 1.01. The first-order valence-electron chi connectivity index (χ1n) is 7.94. The van der Waals surface area contributed by atoms with Gasteiger partial charge in [-0.25, -0.2) is 4.79 Å². The lowest BCUT2D eigenvalue weighted by molar-refractivity contribution is -0.149. The van der Waals surface area contributed by atoms with Crippen LogP contribution in [-0.4, -0.2) is 41.6 Å². The monoisotopic (exact) mass is 300 g/mol. The third-order valence-corrected chi connectivity index (χ3v) is 3.84. The number of amides is 2.